The molecule has 1 N–H and O–H groups in total. The van der Waals surface area contributed by atoms with Gasteiger partial charge < -0.3 is 5.11 Å². The summed E-state index contributed by atoms with van der Waals surface area (Å²) in [4.78, 5) is 0. The molecule has 3 heteroatoms. The first kappa shape index (κ1) is 9.54. The lowest BCUT2D eigenvalue weighted by molar-refractivity contribution is 0.463. The van der Waals surface area contributed by atoms with Gasteiger partial charge in [0.05, 0.1) is 11.5 Å². The van der Waals surface area contributed by atoms with Gasteiger partial charge >= 0.3 is 0 Å². The summed E-state index contributed by atoms with van der Waals surface area (Å²) in [5, 5.41) is 18.8. The highest BCUT2D eigenvalue weighted by Crippen LogP contribution is 2.53. The van der Waals surface area contributed by atoms with Gasteiger partial charge in [-0.3, -0.25) is 0 Å². The van der Waals surface area contributed by atoms with Crippen molar-refractivity contribution in [3.05, 3.63) is 27.7 Å². The molecule has 0 amide bonds. The number of phenols is 1. The van der Waals surface area contributed by atoms with E-state index in [1.165, 1.54) is 0 Å². The normalized spacial score (nSPS) is 17.5. The molecule has 0 aliphatic heterocycles. The Labute approximate surface area is 91.3 Å². The summed E-state index contributed by atoms with van der Waals surface area (Å²) in [6.07, 6.45) is 1.69. The van der Waals surface area contributed by atoms with Crippen LogP contribution in [-0.2, 0) is 5.41 Å². The minimum atomic E-state index is -0.434. The van der Waals surface area contributed by atoms with Crippen LogP contribution < -0.4 is 0 Å². The van der Waals surface area contributed by atoms with Gasteiger partial charge in [0, 0.05) is 10.0 Å². The molecule has 1 aliphatic rings. The molecular formula is C11H10BrNO. The predicted octanol–water partition coefficient (Wildman–Crippen LogP) is 3.02. The standard InChI is InChI=1S/C11H10BrNO/c1-7-4-8(12)10(9(14)5-7)11(6-13)2-3-11/h4-5,14H,2-3H2,1H3. The average Bonchev–Trinajstić information content (AvgIpc) is 2.83. The van der Waals surface area contributed by atoms with E-state index in [4.69, 9.17) is 5.26 Å². The quantitative estimate of drug-likeness (QED) is 0.834. The van der Waals surface area contributed by atoms with Gasteiger partial charge in [0.2, 0.25) is 0 Å². The fraction of sp³-hybridized carbons (Fsp3) is 0.364. The topological polar surface area (TPSA) is 44.0 Å². The van der Waals surface area contributed by atoms with Crippen molar-refractivity contribution < 1.29 is 5.11 Å². The summed E-state index contributed by atoms with van der Waals surface area (Å²) in [5.41, 5.74) is 1.31. The van der Waals surface area contributed by atoms with Crippen LogP contribution in [0.1, 0.15) is 24.0 Å². The number of aryl methyl sites for hydroxylation is 1. The summed E-state index contributed by atoms with van der Waals surface area (Å²) in [7, 11) is 0. The second-order valence-electron chi connectivity index (χ2n) is 3.83. The monoisotopic (exact) mass is 251 g/mol. The van der Waals surface area contributed by atoms with Gasteiger partial charge in [-0.05, 0) is 37.5 Å². The number of aromatic hydroxyl groups is 1. The number of phenolic OH excluding ortho intramolecular Hbond substituents is 1. The zero-order chi connectivity index (χ0) is 10.3. The molecule has 0 radical (unpaired) electrons. The van der Waals surface area contributed by atoms with Gasteiger partial charge in [-0.15, -0.1) is 0 Å². The third kappa shape index (κ3) is 1.31. The number of rotatable bonds is 1. The van der Waals surface area contributed by atoms with Crippen LogP contribution in [0.15, 0.2) is 16.6 Å². The van der Waals surface area contributed by atoms with E-state index in [2.05, 4.69) is 22.0 Å². The minimum absolute atomic E-state index is 0.232. The Bertz CT molecular complexity index is 406. The summed E-state index contributed by atoms with van der Waals surface area (Å²) in [5.74, 6) is 0.232. The molecule has 0 atom stereocenters. The molecule has 1 aromatic rings. The number of nitriles is 1. The molecule has 72 valence electrons. The molecule has 0 spiro atoms. The summed E-state index contributed by atoms with van der Waals surface area (Å²) in [6, 6.07) is 5.92. The lowest BCUT2D eigenvalue weighted by Gasteiger charge is -2.12. The predicted molar refractivity (Wildman–Crippen MR) is 57.1 cm³/mol. The maximum absolute atomic E-state index is 9.80. The lowest BCUT2D eigenvalue weighted by Crippen LogP contribution is -2.04. The molecular weight excluding hydrogens is 242 g/mol. The SMILES string of the molecule is Cc1cc(O)c(C2(C#N)CC2)c(Br)c1. The van der Waals surface area contributed by atoms with Crippen LogP contribution in [0.3, 0.4) is 0 Å². The van der Waals surface area contributed by atoms with E-state index in [1.807, 2.05) is 13.0 Å². The maximum Gasteiger partial charge on any atom is 0.121 e. The van der Waals surface area contributed by atoms with Crippen molar-refractivity contribution in [2.24, 2.45) is 0 Å². The molecule has 1 aromatic carbocycles. The highest BCUT2D eigenvalue weighted by molar-refractivity contribution is 9.10. The smallest absolute Gasteiger partial charge is 0.121 e. The Hall–Kier alpha value is -1.01. The van der Waals surface area contributed by atoms with Crippen LogP contribution in [0.2, 0.25) is 0 Å². The fourth-order valence-electron chi connectivity index (χ4n) is 1.74. The average molecular weight is 252 g/mol. The first-order valence-electron chi connectivity index (χ1n) is 4.50. The maximum atomic E-state index is 9.80. The van der Waals surface area contributed by atoms with Crippen molar-refractivity contribution in [3.8, 4) is 11.8 Å². The number of nitrogens with zero attached hydrogens (tertiary/aromatic N) is 1. The molecule has 2 nitrogen and oxygen atoms in total. The third-order valence-electron chi connectivity index (χ3n) is 2.66. The molecule has 0 bridgehead atoms. The van der Waals surface area contributed by atoms with Gasteiger partial charge in [0.25, 0.3) is 0 Å². The second-order valence-corrected chi connectivity index (χ2v) is 4.69. The molecule has 1 saturated carbocycles. The largest absolute Gasteiger partial charge is 0.508 e. The molecule has 1 fully saturated rings. The van der Waals surface area contributed by atoms with Gasteiger partial charge in [0.1, 0.15) is 5.75 Å². The van der Waals surface area contributed by atoms with Crippen LogP contribution in [-0.4, -0.2) is 5.11 Å². The van der Waals surface area contributed by atoms with Gasteiger partial charge in [-0.25, -0.2) is 0 Å². The highest BCUT2D eigenvalue weighted by atomic mass is 79.9. The van der Waals surface area contributed by atoms with E-state index in [0.29, 0.717) is 0 Å². The summed E-state index contributed by atoms with van der Waals surface area (Å²) in [6.45, 7) is 1.92. The van der Waals surface area contributed by atoms with E-state index < -0.39 is 5.41 Å². The van der Waals surface area contributed by atoms with E-state index in [1.54, 1.807) is 6.07 Å². The van der Waals surface area contributed by atoms with Crippen molar-refractivity contribution >= 4 is 15.9 Å². The van der Waals surface area contributed by atoms with Crippen molar-refractivity contribution in [2.75, 3.05) is 0 Å². The lowest BCUT2D eigenvalue weighted by atomic mass is 9.95. The number of hydrogen-bond donors (Lipinski definition) is 1. The van der Waals surface area contributed by atoms with E-state index in [0.717, 1.165) is 28.4 Å². The zero-order valence-corrected chi connectivity index (χ0v) is 9.43. The van der Waals surface area contributed by atoms with Crippen LogP contribution in [0.5, 0.6) is 5.75 Å². The molecule has 0 saturated heterocycles. The van der Waals surface area contributed by atoms with Gasteiger partial charge in [-0.2, -0.15) is 5.26 Å². The van der Waals surface area contributed by atoms with Crippen LogP contribution in [0.4, 0.5) is 0 Å². The zero-order valence-electron chi connectivity index (χ0n) is 7.84. The number of hydrogen-bond acceptors (Lipinski definition) is 2. The van der Waals surface area contributed by atoms with Crippen LogP contribution in [0.25, 0.3) is 0 Å². The van der Waals surface area contributed by atoms with Crippen LogP contribution in [0, 0.1) is 18.3 Å². The van der Waals surface area contributed by atoms with E-state index in [-0.39, 0.29) is 5.75 Å². The minimum Gasteiger partial charge on any atom is -0.508 e. The van der Waals surface area contributed by atoms with Crippen LogP contribution >= 0.6 is 15.9 Å². The molecule has 0 aromatic heterocycles. The molecule has 0 heterocycles. The van der Waals surface area contributed by atoms with Crippen molar-refractivity contribution in [2.45, 2.75) is 25.2 Å². The Morgan fingerprint density at radius 3 is 2.57 bits per heavy atom. The van der Waals surface area contributed by atoms with Crippen molar-refractivity contribution in [1.82, 2.24) is 0 Å². The van der Waals surface area contributed by atoms with E-state index >= 15 is 0 Å². The Morgan fingerprint density at radius 2 is 2.14 bits per heavy atom. The second kappa shape index (κ2) is 2.99. The number of benzene rings is 1. The number of halogens is 1. The first-order valence-corrected chi connectivity index (χ1v) is 5.29. The van der Waals surface area contributed by atoms with Crippen molar-refractivity contribution in [1.29, 1.82) is 5.26 Å². The fourth-order valence-corrected chi connectivity index (χ4v) is 2.68. The first-order chi connectivity index (χ1) is 6.59. The summed E-state index contributed by atoms with van der Waals surface area (Å²) < 4.78 is 0.842. The summed E-state index contributed by atoms with van der Waals surface area (Å²) >= 11 is 3.40. The van der Waals surface area contributed by atoms with Gasteiger partial charge in [-0.1, -0.05) is 15.9 Å². The molecule has 0 unspecified atom stereocenters. The van der Waals surface area contributed by atoms with E-state index in [9.17, 15) is 5.11 Å². The molecule has 2 rings (SSSR count). The molecule has 14 heavy (non-hydrogen) atoms. The Morgan fingerprint density at radius 1 is 1.50 bits per heavy atom. The molecule has 1 aliphatic carbocycles. The Balaban J connectivity index is 2.60. The van der Waals surface area contributed by atoms with Crippen molar-refractivity contribution in [3.63, 3.8) is 0 Å². The third-order valence-corrected chi connectivity index (χ3v) is 3.28. The van der Waals surface area contributed by atoms with Gasteiger partial charge in [0.15, 0.2) is 0 Å². The highest BCUT2D eigenvalue weighted by Gasteiger charge is 2.47. The Kier molecular flexibility index (Phi) is 2.04.